The standard InChI is InChI=1S/C21H19N5/c22-12-18-6-3-10-23-21(18)25-14-16-7-8-20(24-13-16)26-11-9-17-4-1-2-5-19(17)15-26/h1-8,10,13H,9,11,14-15H2,(H,23,25). The molecule has 1 aromatic carbocycles. The highest BCUT2D eigenvalue weighted by atomic mass is 15.2. The summed E-state index contributed by atoms with van der Waals surface area (Å²) in [4.78, 5) is 11.2. The van der Waals surface area contributed by atoms with E-state index in [4.69, 9.17) is 5.26 Å². The number of aromatic nitrogens is 2. The minimum atomic E-state index is 0.545. The summed E-state index contributed by atoms with van der Waals surface area (Å²) in [5, 5.41) is 12.3. The number of anilines is 2. The molecular weight excluding hydrogens is 322 g/mol. The van der Waals surface area contributed by atoms with Crippen molar-refractivity contribution < 1.29 is 0 Å². The maximum atomic E-state index is 9.12. The molecule has 0 spiro atoms. The van der Waals surface area contributed by atoms with Crippen LogP contribution in [-0.4, -0.2) is 16.5 Å². The average Bonchev–Trinajstić information content (AvgIpc) is 2.72. The van der Waals surface area contributed by atoms with Crippen molar-refractivity contribution in [3.63, 3.8) is 0 Å². The summed E-state index contributed by atoms with van der Waals surface area (Å²) in [7, 11) is 0. The Kier molecular flexibility index (Phi) is 4.48. The summed E-state index contributed by atoms with van der Waals surface area (Å²) in [5.41, 5.74) is 4.42. The first-order valence-electron chi connectivity index (χ1n) is 8.69. The topological polar surface area (TPSA) is 64.8 Å². The first-order chi connectivity index (χ1) is 12.8. The Hall–Kier alpha value is -3.39. The second-order valence-corrected chi connectivity index (χ2v) is 6.33. The first-order valence-corrected chi connectivity index (χ1v) is 8.69. The summed E-state index contributed by atoms with van der Waals surface area (Å²) in [6.45, 7) is 2.48. The Morgan fingerprint density at radius 1 is 1.04 bits per heavy atom. The van der Waals surface area contributed by atoms with Gasteiger partial charge in [0.25, 0.3) is 0 Å². The van der Waals surface area contributed by atoms with E-state index >= 15 is 0 Å². The van der Waals surface area contributed by atoms with Gasteiger partial charge in [0, 0.05) is 32.0 Å². The number of hydrogen-bond acceptors (Lipinski definition) is 5. The molecule has 0 amide bonds. The molecular formula is C21H19N5. The lowest BCUT2D eigenvalue weighted by molar-refractivity contribution is 0.720. The molecule has 1 N–H and O–H groups in total. The largest absolute Gasteiger partial charge is 0.365 e. The maximum absolute atomic E-state index is 9.12. The average molecular weight is 341 g/mol. The van der Waals surface area contributed by atoms with Gasteiger partial charge in [-0.1, -0.05) is 30.3 Å². The smallest absolute Gasteiger partial charge is 0.144 e. The summed E-state index contributed by atoms with van der Waals surface area (Å²) in [6.07, 6.45) is 4.62. The fraction of sp³-hybridized carbons (Fsp3) is 0.190. The lowest BCUT2D eigenvalue weighted by Gasteiger charge is -2.29. The van der Waals surface area contributed by atoms with Gasteiger partial charge in [0.2, 0.25) is 0 Å². The molecule has 128 valence electrons. The molecule has 5 nitrogen and oxygen atoms in total. The van der Waals surface area contributed by atoms with E-state index < -0.39 is 0 Å². The molecule has 3 aromatic rings. The zero-order valence-corrected chi connectivity index (χ0v) is 14.4. The Bertz CT molecular complexity index is 943. The van der Waals surface area contributed by atoms with Crippen LogP contribution in [0.4, 0.5) is 11.6 Å². The van der Waals surface area contributed by atoms with Crippen molar-refractivity contribution in [2.24, 2.45) is 0 Å². The van der Waals surface area contributed by atoms with Crippen molar-refractivity contribution >= 4 is 11.6 Å². The quantitative estimate of drug-likeness (QED) is 0.786. The summed E-state index contributed by atoms with van der Waals surface area (Å²) in [6, 6.07) is 18.4. The molecule has 0 unspecified atom stereocenters. The third-order valence-corrected chi connectivity index (χ3v) is 4.65. The number of nitrogens with one attached hydrogen (secondary N) is 1. The zero-order valence-electron chi connectivity index (χ0n) is 14.4. The van der Waals surface area contributed by atoms with Crippen molar-refractivity contribution in [3.8, 4) is 6.07 Å². The van der Waals surface area contributed by atoms with E-state index in [2.05, 4.69) is 62.7 Å². The molecule has 26 heavy (non-hydrogen) atoms. The molecule has 5 heteroatoms. The van der Waals surface area contributed by atoms with Crippen molar-refractivity contribution in [1.29, 1.82) is 5.26 Å². The Balaban J connectivity index is 1.42. The molecule has 1 aliphatic rings. The van der Waals surface area contributed by atoms with Gasteiger partial charge in [-0.3, -0.25) is 0 Å². The summed E-state index contributed by atoms with van der Waals surface area (Å²) < 4.78 is 0. The fourth-order valence-corrected chi connectivity index (χ4v) is 3.22. The maximum Gasteiger partial charge on any atom is 0.144 e. The van der Waals surface area contributed by atoms with Gasteiger partial charge in [-0.25, -0.2) is 9.97 Å². The van der Waals surface area contributed by atoms with Crippen molar-refractivity contribution in [3.05, 3.63) is 83.2 Å². The van der Waals surface area contributed by atoms with E-state index in [1.165, 1.54) is 11.1 Å². The molecule has 0 radical (unpaired) electrons. The first kappa shape index (κ1) is 16.1. The van der Waals surface area contributed by atoms with E-state index in [1.807, 2.05) is 6.20 Å². The molecule has 0 saturated heterocycles. The molecule has 0 atom stereocenters. The Morgan fingerprint density at radius 3 is 2.73 bits per heavy atom. The van der Waals surface area contributed by atoms with Crippen molar-refractivity contribution in [1.82, 2.24) is 9.97 Å². The number of pyridine rings is 2. The SMILES string of the molecule is N#Cc1cccnc1NCc1ccc(N2CCc3ccccc3C2)nc1. The molecule has 0 saturated carbocycles. The van der Waals surface area contributed by atoms with E-state index in [0.717, 1.165) is 30.9 Å². The number of benzene rings is 1. The van der Waals surface area contributed by atoms with Crippen LogP contribution in [0.1, 0.15) is 22.3 Å². The number of nitriles is 1. The van der Waals surface area contributed by atoms with Gasteiger partial charge < -0.3 is 10.2 Å². The van der Waals surface area contributed by atoms with Crippen molar-refractivity contribution in [2.75, 3.05) is 16.8 Å². The predicted octanol–water partition coefficient (Wildman–Crippen LogP) is 3.52. The van der Waals surface area contributed by atoms with E-state index in [9.17, 15) is 0 Å². The molecule has 0 bridgehead atoms. The van der Waals surface area contributed by atoms with Crippen molar-refractivity contribution in [2.45, 2.75) is 19.5 Å². The van der Waals surface area contributed by atoms with Crippen LogP contribution < -0.4 is 10.2 Å². The normalized spacial score (nSPS) is 13.0. The lowest BCUT2D eigenvalue weighted by atomic mass is 10.00. The highest BCUT2D eigenvalue weighted by Gasteiger charge is 2.16. The van der Waals surface area contributed by atoms with Crippen LogP contribution in [0.15, 0.2) is 60.9 Å². The molecule has 4 rings (SSSR count). The Morgan fingerprint density at radius 2 is 1.92 bits per heavy atom. The minimum Gasteiger partial charge on any atom is -0.365 e. The van der Waals surface area contributed by atoms with Gasteiger partial charge >= 0.3 is 0 Å². The number of nitrogens with zero attached hydrogens (tertiary/aromatic N) is 4. The third kappa shape index (κ3) is 3.35. The van der Waals surface area contributed by atoms with Gasteiger partial charge in [0.15, 0.2) is 0 Å². The minimum absolute atomic E-state index is 0.545. The van der Waals surface area contributed by atoms with Gasteiger partial charge in [-0.2, -0.15) is 5.26 Å². The highest BCUT2D eigenvalue weighted by Crippen LogP contribution is 2.23. The van der Waals surface area contributed by atoms with Gasteiger partial charge in [0.05, 0.1) is 5.56 Å². The second-order valence-electron chi connectivity index (χ2n) is 6.33. The highest BCUT2D eigenvalue weighted by molar-refractivity contribution is 5.51. The monoisotopic (exact) mass is 341 g/mol. The van der Waals surface area contributed by atoms with Crippen LogP contribution in [0, 0.1) is 11.3 Å². The van der Waals surface area contributed by atoms with Gasteiger partial charge in [-0.15, -0.1) is 0 Å². The number of fused-ring (bicyclic) bond motifs is 1. The lowest BCUT2D eigenvalue weighted by Crippen LogP contribution is -2.30. The third-order valence-electron chi connectivity index (χ3n) is 4.65. The predicted molar refractivity (Wildman–Crippen MR) is 102 cm³/mol. The molecule has 0 fully saturated rings. The van der Waals surface area contributed by atoms with Crippen LogP contribution >= 0.6 is 0 Å². The molecule has 3 heterocycles. The van der Waals surface area contributed by atoms with Gasteiger partial charge in [0.1, 0.15) is 17.7 Å². The summed E-state index contributed by atoms with van der Waals surface area (Å²) >= 11 is 0. The number of hydrogen-bond donors (Lipinski definition) is 1. The Labute approximate surface area is 153 Å². The van der Waals surface area contributed by atoms with Crippen LogP contribution in [0.2, 0.25) is 0 Å². The summed E-state index contributed by atoms with van der Waals surface area (Å²) in [5.74, 6) is 1.60. The molecule has 0 aliphatic carbocycles. The van der Waals surface area contributed by atoms with E-state index in [0.29, 0.717) is 17.9 Å². The molecule has 2 aromatic heterocycles. The van der Waals surface area contributed by atoms with Crippen LogP contribution in [0.3, 0.4) is 0 Å². The number of rotatable bonds is 4. The van der Waals surface area contributed by atoms with E-state index in [1.54, 1.807) is 18.3 Å². The second kappa shape index (κ2) is 7.24. The van der Waals surface area contributed by atoms with E-state index in [-0.39, 0.29) is 0 Å². The fourth-order valence-electron chi connectivity index (χ4n) is 3.22. The van der Waals surface area contributed by atoms with Crippen LogP contribution in [0.25, 0.3) is 0 Å². The van der Waals surface area contributed by atoms with Gasteiger partial charge in [-0.05, 0) is 41.3 Å². The zero-order chi connectivity index (χ0) is 17.8. The van der Waals surface area contributed by atoms with Crippen LogP contribution in [-0.2, 0) is 19.5 Å². The van der Waals surface area contributed by atoms with Crippen LogP contribution in [0.5, 0.6) is 0 Å². The molecule has 1 aliphatic heterocycles.